The van der Waals surface area contributed by atoms with Crippen LogP contribution in [0, 0.1) is 5.92 Å². The van der Waals surface area contributed by atoms with Crippen LogP contribution in [0.25, 0.3) is 0 Å². The van der Waals surface area contributed by atoms with E-state index >= 15 is 0 Å². The minimum absolute atomic E-state index is 0.0576. The van der Waals surface area contributed by atoms with E-state index in [9.17, 15) is 58.2 Å². The van der Waals surface area contributed by atoms with Crippen molar-refractivity contribution in [3.05, 3.63) is 35.9 Å². The normalized spacial score (nSPS) is 23.9. The average Bonchev–Trinajstić information content (AvgIpc) is 3.32. The zero-order valence-corrected chi connectivity index (χ0v) is 42.1. The van der Waals surface area contributed by atoms with Gasteiger partial charge in [-0.25, -0.2) is 0 Å². The molecule has 0 spiro atoms. The highest BCUT2D eigenvalue weighted by Gasteiger charge is 2.37. The van der Waals surface area contributed by atoms with Crippen molar-refractivity contribution in [3.63, 3.8) is 0 Å². The fraction of sp³-hybridized carbons (Fsp3) is 0.652. The third-order valence-electron chi connectivity index (χ3n) is 11.5. The molecule has 1 aromatic rings. The van der Waals surface area contributed by atoms with Gasteiger partial charge in [0.2, 0.25) is 59.1 Å². The molecule has 73 heavy (non-hydrogen) atoms. The monoisotopic (exact) mass is 1030 g/mol. The van der Waals surface area contributed by atoms with Crippen molar-refractivity contribution in [2.75, 3.05) is 39.3 Å². The van der Waals surface area contributed by atoms with Crippen molar-refractivity contribution in [1.82, 2.24) is 53.2 Å². The average molecular weight is 1030 g/mol. The van der Waals surface area contributed by atoms with Crippen LogP contribution in [0.15, 0.2) is 30.3 Å². The molecule has 1 fully saturated rings. The number of hydrogen-bond donors (Lipinski definition) is 17. The molecule has 11 atom stereocenters. The first-order valence-electron chi connectivity index (χ1n) is 24.5. The second kappa shape index (κ2) is 32.7. The highest BCUT2D eigenvalue weighted by Crippen LogP contribution is 2.11. The Morgan fingerprint density at radius 1 is 0.603 bits per heavy atom. The van der Waals surface area contributed by atoms with Crippen LogP contribution in [0.1, 0.15) is 78.2 Å². The first-order valence-corrected chi connectivity index (χ1v) is 24.5. The summed E-state index contributed by atoms with van der Waals surface area (Å²) in [5.41, 5.74) is 29.4. The van der Waals surface area contributed by atoms with Gasteiger partial charge in [-0.15, -0.1) is 0 Å². The summed E-state index contributed by atoms with van der Waals surface area (Å²) in [6, 6.07) is -4.60. The van der Waals surface area contributed by atoms with Gasteiger partial charge in [0.15, 0.2) is 0 Å². The zero-order chi connectivity index (χ0) is 54.8. The van der Waals surface area contributed by atoms with Crippen LogP contribution in [0.4, 0.5) is 0 Å². The number of aliphatic hydroxyl groups excluding tert-OH is 2. The lowest BCUT2D eigenvalue weighted by atomic mass is 10.00. The molecular formula is C46H79N15O12. The Kier molecular flexibility index (Phi) is 28.1. The molecule has 1 heterocycles. The van der Waals surface area contributed by atoms with Crippen LogP contribution >= 0.6 is 0 Å². The highest BCUT2D eigenvalue weighted by atomic mass is 16.3. The summed E-state index contributed by atoms with van der Waals surface area (Å²) in [6.07, 6.45) is -4.33. The first-order chi connectivity index (χ1) is 34.6. The summed E-state index contributed by atoms with van der Waals surface area (Å²) < 4.78 is 0. The van der Waals surface area contributed by atoms with Crippen molar-refractivity contribution in [2.24, 2.45) is 34.6 Å². The predicted octanol–water partition coefficient (Wildman–Crippen LogP) is -7.34. The molecule has 0 aliphatic carbocycles. The van der Waals surface area contributed by atoms with E-state index < -0.39 is 139 Å². The summed E-state index contributed by atoms with van der Waals surface area (Å²) in [7, 11) is 0. The zero-order valence-electron chi connectivity index (χ0n) is 42.1. The Bertz CT molecular complexity index is 2000. The van der Waals surface area contributed by atoms with E-state index in [-0.39, 0.29) is 83.6 Å². The van der Waals surface area contributed by atoms with E-state index in [1.165, 1.54) is 13.8 Å². The molecule has 1 aromatic carbocycles. The maximum atomic E-state index is 14.3. The second-order valence-electron chi connectivity index (χ2n) is 18.2. The minimum Gasteiger partial charge on any atom is -0.391 e. The largest absolute Gasteiger partial charge is 0.391 e. The van der Waals surface area contributed by atoms with E-state index in [2.05, 4.69) is 53.2 Å². The number of nitrogens with one attached hydrogen (secondary N) is 10. The maximum absolute atomic E-state index is 14.3. The third-order valence-corrected chi connectivity index (χ3v) is 11.5. The smallest absolute Gasteiger partial charge is 0.245 e. The molecular weight excluding hydrogens is 955 g/mol. The van der Waals surface area contributed by atoms with Crippen molar-refractivity contribution in [3.8, 4) is 0 Å². The Morgan fingerprint density at radius 2 is 1.10 bits per heavy atom. The van der Waals surface area contributed by atoms with E-state index in [0.717, 1.165) is 0 Å². The lowest BCUT2D eigenvalue weighted by Gasteiger charge is -2.28. The van der Waals surface area contributed by atoms with Gasteiger partial charge in [0.05, 0.1) is 12.2 Å². The van der Waals surface area contributed by atoms with Crippen molar-refractivity contribution in [2.45, 2.75) is 146 Å². The fourth-order valence-electron chi connectivity index (χ4n) is 7.56. The van der Waals surface area contributed by atoms with Gasteiger partial charge in [-0.3, -0.25) is 47.9 Å². The lowest BCUT2D eigenvalue weighted by molar-refractivity contribution is -0.136. The summed E-state index contributed by atoms with van der Waals surface area (Å²) in [4.78, 5) is 138. The summed E-state index contributed by atoms with van der Waals surface area (Å²) in [6.45, 7) is 4.93. The Hall–Kier alpha value is -6.36. The number of aliphatic hydroxyl groups is 2. The molecule has 22 N–H and O–H groups in total. The van der Waals surface area contributed by atoms with Gasteiger partial charge in [0.25, 0.3) is 0 Å². The van der Waals surface area contributed by atoms with Crippen LogP contribution < -0.4 is 81.8 Å². The molecule has 410 valence electrons. The SMILES string of the molecule is CC(C)C[C@@H]1NC(=O)[C@@H](Cc2ccccc2)NC(=O)[C@H](CCN)NC(=O)[C@@H](NC(=O)[C@H](CCN)NC(=O)[C@@H](NC(=O)CCN)C(C)O)CCNC(=O)[C@H](C(C)O)NC(=O)[C@H](CCN)NC(=O)[C@H](CCN)NC1=O. The first kappa shape index (κ1) is 62.8. The van der Waals surface area contributed by atoms with Crippen LogP contribution in [0.3, 0.4) is 0 Å². The molecule has 1 saturated heterocycles. The van der Waals surface area contributed by atoms with Gasteiger partial charge >= 0.3 is 0 Å². The van der Waals surface area contributed by atoms with E-state index in [4.69, 9.17) is 28.7 Å². The van der Waals surface area contributed by atoms with Crippen molar-refractivity contribution in [1.29, 1.82) is 0 Å². The molecule has 27 heteroatoms. The number of carbonyl (C=O) groups excluding carboxylic acids is 10. The van der Waals surface area contributed by atoms with Gasteiger partial charge in [0.1, 0.15) is 54.4 Å². The standard InChI is InChI=1S/C46H79N15O12/c1-24(2)22-33-43(70)55-28(10-16-47)38(65)54-31(13-19-50)42(69)61-36(25(3)62)45(72)52-21-15-32(56-39(66)30(12-18-49)57-46(73)37(26(4)63)60-35(64)14-20-51)41(68)53-29(11-17-48)40(67)59-34(44(71)58-33)23-27-8-6-5-7-9-27/h5-9,24-26,28-34,36-37,62-63H,10-23,47-51H2,1-4H3,(H,52,72)(H,53,68)(H,54,65)(H,55,70)(H,56,66)(H,57,73)(H,58,71)(H,59,67)(H,60,64)(H,61,69)/t25?,26?,28-,29-,30-,31-,32-,33-,34+,36-,37-/m0/s1. The molecule has 2 unspecified atom stereocenters. The number of carbonyl (C=O) groups is 10. The molecule has 0 aromatic heterocycles. The summed E-state index contributed by atoms with van der Waals surface area (Å²) in [5, 5.41) is 46.3. The van der Waals surface area contributed by atoms with Gasteiger partial charge in [-0.2, -0.15) is 0 Å². The highest BCUT2D eigenvalue weighted by molar-refractivity contribution is 5.99. The topological polar surface area (TPSA) is 462 Å². The van der Waals surface area contributed by atoms with Gasteiger partial charge in [-0.1, -0.05) is 44.2 Å². The quantitative estimate of drug-likeness (QED) is 0.0544. The number of benzene rings is 1. The van der Waals surface area contributed by atoms with E-state index in [0.29, 0.717) is 5.56 Å². The molecule has 1 aliphatic heterocycles. The van der Waals surface area contributed by atoms with Gasteiger partial charge in [0, 0.05) is 25.9 Å². The second-order valence-corrected chi connectivity index (χ2v) is 18.2. The summed E-state index contributed by atoms with van der Waals surface area (Å²) in [5.74, 6) is -9.10. The van der Waals surface area contributed by atoms with Crippen molar-refractivity contribution < 1.29 is 58.2 Å². The Labute approximate surface area is 424 Å². The number of hydrogen-bond acceptors (Lipinski definition) is 17. The fourth-order valence-corrected chi connectivity index (χ4v) is 7.56. The van der Waals surface area contributed by atoms with E-state index in [1.54, 1.807) is 44.2 Å². The minimum atomic E-state index is -1.66. The van der Waals surface area contributed by atoms with Crippen LogP contribution in [0.2, 0.25) is 0 Å². The van der Waals surface area contributed by atoms with Crippen LogP contribution in [-0.4, -0.2) is 175 Å². The molecule has 27 nitrogen and oxygen atoms in total. The number of rotatable bonds is 21. The number of amides is 10. The molecule has 0 saturated carbocycles. The van der Waals surface area contributed by atoms with Gasteiger partial charge < -0.3 is 92.0 Å². The summed E-state index contributed by atoms with van der Waals surface area (Å²) >= 11 is 0. The molecule has 0 bridgehead atoms. The Balaban J connectivity index is 2.75. The van der Waals surface area contributed by atoms with Gasteiger partial charge in [-0.05, 0) is 90.0 Å². The molecule has 1 aliphatic rings. The molecule has 2 rings (SSSR count). The third kappa shape index (κ3) is 21.7. The lowest BCUT2D eigenvalue weighted by Crippen LogP contribution is -2.61. The maximum Gasteiger partial charge on any atom is 0.245 e. The van der Waals surface area contributed by atoms with Crippen molar-refractivity contribution >= 4 is 59.1 Å². The molecule has 0 radical (unpaired) electrons. The van der Waals surface area contributed by atoms with Crippen LogP contribution in [-0.2, 0) is 54.4 Å². The number of nitrogens with two attached hydrogens (primary N) is 5. The molecule has 10 amide bonds. The van der Waals surface area contributed by atoms with E-state index in [1.807, 2.05) is 0 Å². The van der Waals surface area contributed by atoms with Crippen LogP contribution in [0.5, 0.6) is 0 Å². The Morgan fingerprint density at radius 3 is 1.59 bits per heavy atom. The predicted molar refractivity (Wildman–Crippen MR) is 266 cm³/mol.